The van der Waals surface area contributed by atoms with Gasteiger partial charge in [0, 0.05) is 56.2 Å². The van der Waals surface area contributed by atoms with E-state index in [4.69, 9.17) is 15.9 Å². The molecule has 3 rings (SSSR count). The van der Waals surface area contributed by atoms with E-state index in [1.165, 1.54) is 13.8 Å². The molecule has 0 aliphatic carbocycles. The van der Waals surface area contributed by atoms with Gasteiger partial charge < -0.3 is 30.9 Å². The van der Waals surface area contributed by atoms with Gasteiger partial charge in [0.05, 0.1) is 6.04 Å². The number of fused-ring (bicyclic) bond motifs is 1. The first-order valence-electron chi connectivity index (χ1n) is 11.4. The number of benzene rings is 1. The molecule has 13 heteroatoms. The van der Waals surface area contributed by atoms with Crippen LogP contribution < -0.4 is 5.73 Å². The summed E-state index contributed by atoms with van der Waals surface area (Å²) in [6.07, 6.45) is 1.70. The number of carbonyl (C=O) groups excluding carboxylic acids is 2. The van der Waals surface area contributed by atoms with Gasteiger partial charge in [-0.25, -0.2) is 22.8 Å². The van der Waals surface area contributed by atoms with Gasteiger partial charge in [0.2, 0.25) is 5.91 Å². The van der Waals surface area contributed by atoms with E-state index in [-0.39, 0.29) is 42.2 Å². The van der Waals surface area contributed by atoms with Crippen molar-refractivity contribution in [1.29, 1.82) is 0 Å². The summed E-state index contributed by atoms with van der Waals surface area (Å²) < 4.78 is 40.2. The SMILES string of the molecule is CC(C)(O)C(=O)N1C[C@@H]2CCN(C(=O)C[C@H](N)Cc3cc(F)c(F)cc3F)[C@@H]2C1.O=C(O)C=CC(=O)O. The highest BCUT2D eigenvalue weighted by atomic mass is 19.2. The largest absolute Gasteiger partial charge is 0.478 e. The van der Waals surface area contributed by atoms with Gasteiger partial charge in [-0.2, -0.15) is 0 Å². The number of aliphatic carboxylic acids is 2. The minimum absolute atomic E-state index is 0.0684. The zero-order chi connectivity index (χ0) is 28.1. The summed E-state index contributed by atoms with van der Waals surface area (Å²) in [5.41, 5.74) is 4.43. The molecule has 0 unspecified atom stereocenters. The molecule has 0 bridgehead atoms. The van der Waals surface area contributed by atoms with Crippen LogP contribution in [0.25, 0.3) is 0 Å². The number of carbonyl (C=O) groups is 4. The summed E-state index contributed by atoms with van der Waals surface area (Å²) in [7, 11) is 0. The van der Waals surface area contributed by atoms with E-state index in [9.17, 15) is 37.5 Å². The Balaban J connectivity index is 0.000000521. The number of likely N-dealkylation sites (tertiary alicyclic amines) is 2. The maximum absolute atomic E-state index is 13.8. The molecule has 1 aromatic carbocycles. The number of carboxylic acids is 2. The second-order valence-electron chi connectivity index (χ2n) is 9.51. The first kappa shape index (κ1) is 29.8. The lowest BCUT2D eigenvalue weighted by Crippen LogP contribution is -2.47. The first-order valence-corrected chi connectivity index (χ1v) is 11.4. The van der Waals surface area contributed by atoms with Gasteiger partial charge in [0.1, 0.15) is 11.4 Å². The molecule has 10 nitrogen and oxygen atoms in total. The van der Waals surface area contributed by atoms with Crippen LogP contribution >= 0.6 is 0 Å². The predicted molar refractivity (Wildman–Crippen MR) is 124 cm³/mol. The Morgan fingerprint density at radius 3 is 2.16 bits per heavy atom. The van der Waals surface area contributed by atoms with Crippen molar-refractivity contribution in [2.75, 3.05) is 19.6 Å². The van der Waals surface area contributed by atoms with Crippen molar-refractivity contribution in [2.45, 2.75) is 50.8 Å². The zero-order valence-electron chi connectivity index (χ0n) is 20.4. The highest BCUT2D eigenvalue weighted by molar-refractivity contribution is 5.89. The lowest BCUT2D eigenvalue weighted by Gasteiger charge is -2.28. The number of amides is 2. The van der Waals surface area contributed by atoms with Crippen molar-refractivity contribution in [3.8, 4) is 0 Å². The molecular formula is C24H30F3N3O7. The van der Waals surface area contributed by atoms with E-state index in [1.54, 1.807) is 9.80 Å². The fourth-order valence-corrected chi connectivity index (χ4v) is 4.38. The Morgan fingerprint density at radius 2 is 1.62 bits per heavy atom. The van der Waals surface area contributed by atoms with Crippen molar-refractivity contribution >= 4 is 23.8 Å². The number of nitrogens with zero attached hydrogens (tertiary/aromatic N) is 2. The zero-order valence-corrected chi connectivity index (χ0v) is 20.4. The number of nitrogens with two attached hydrogens (primary N) is 1. The van der Waals surface area contributed by atoms with Crippen molar-refractivity contribution < 1.29 is 47.7 Å². The average Bonchev–Trinajstić information content (AvgIpc) is 3.36. The lowest BCUT2D eigenvalue weighted by atomic mass is 10.0. The van der Waals surface area contributed by atoms with Gasteiger partial charge in [-0.1, -0.05) is 0 Å². The number of carboxylic acid groups (broad SMARTS) is 2. The molecule has 0 radical (unpaired) electrons. The van der Waals surface area contributed by atoms with Crippen LogP contribution in [0, 0.1) is 23.4 Å². The van der Waals surface area contributed by atoms with Gasteiger partial charge in [0.25, 0.3) is 5.91 Å². The standard InChI is InChI=1S/C20H26F3N3O3.C4H4O4/c1-20(2,29)19(28)25-9-11-3-4-26(17(11)10-25)18(27)7-13(24)5-12-6-15(22)16(23)8-14(12)21;5-3(6)1-2-4(7)8/h6,8,11,13,17,29H,3-5,7,9-10,24H2,1-2H3;1-2H,(H,5,6)(H,7,8)/t11-,13+,17+;/m0./s1. The van der Waals surface area contributed by atoms with E-state index in [0.29, 0.717) is 37.9 Å². The molecule has 0 saturated carbocycles. The van der Waals surface area contributed by atoms with Gasteiger partial charge in [-0.3, -0.25) is 9.59 Å². The molecule has 204 valence electrons. The number of rotatable bonds is 7. The third-order valence-corrected chi connectivity index (χ3v) is 6.06. The Bertz CT molecular complexity index is 1060. The van der Waals surface area contributed by atoms with E-state index < -0.39 is 41.0 Å². The van der Waals surface area contributed by atoms with Crippen LogP contribution in [0.15, 0.2) is 24.3 Å². The Kier molecular flexibility index (Phi) is 9.81. The van der Waals surface area contributed by atoms with Crippen LogP contribution in [-0.4, -0.2) is 86.2 Å². The predicted octanol–water partition coefficient (Wildman–Crippen LogP) is 0.906. The Labute approximate surface area is 211 Å². The number of halogens is 3. The molecule has 2 fully saturated rings. The molecule has 2 amide bonds. The summed E-state index contributed by atoms with van der Waals surface area (Å²) in [6.45, 7) is 4.26. The molecule has 1 aromatic rings. The Morgan fingerprint density at radius 1 is 1.05 bits per heavy atom. The molecule has 5 N–H and O–H groups in total. The van der Waals surface area contributed by atoms with Crippen LogP contribution in [-0.2, 0) is 25.6 Å². The second-order valence-corrected chi connectivity index (χ2v) is 9.51. The third kappa shape index (κ3) is 8.29. The topological polar surface area (TPSA) is 161 Å². The molecule has 0 aromatic heterocycles. The summed E-state index contributed by atoms with van der Waals surface area (Å²) in [5.74, 6) is -6.29. The second kappa shape index (κ2) is 12.2. The fraction of sp³-hybridized carbons (Fsp3) is 0.500. The van der Waals surface area contributed by atoms with E-state index >= 15 is 0 Å². The van der Waals surface area contributed by atoms with Crippen molar-refractivity contribution in [3.63, 3.8) is 0 Å². The number of aliphatic hydroxyl groups is 1. The monoisotopic (exact) mass is 529 g/mol. The smallest absolute Gasteiger partial charge is 0.328 e. The fourth-order valence-electron chi connectivity index (χ4n) is 4.38. The molecule has 37 heavy (non-hydrogen) atoms. The molecule has 3 atom stereocenters. The van der Waals surface area contributed by atoms with E-state index in [0.717, 1.165) is 12.5 Å². The summed E-state index contributed by atoms with van der Waals surface area (Å²) in [5, 5.41) is 25.6. The van der Waals surface area contributed by atoms with Crippen molar-refractivity contribution in [2.24, 2.45) is 11.7 Å². The van der Waals surface area contributed by atoms with E-state index in [2.05, 4.69) is 0 Å². The minimum atomic E-state index is -1.47. The van der Waals surface area contributed by atoms with Crippen LogP contribution in [0.3, 0.4) is 0 Å². The van der Waals surface area contributed by atoms with Gasteiger partial charge in [0.15, 0.2) is 11.6 Å². The van der Waals surface area contributed by atoms with Crippen LogP contribution in [0.4, 0.5) is 13.2 Å². The van der Waals surface area contributed by atoms with Gasteiger partial charge >= 0.3 is 11.9 Å². The molecule has 2 aliphatic rings. The molecule has 0 spiro atoms. The van der Waals surface area contributed by atoms with Crippen molar-refractivity contribution in [3.05, 3.63) is 47.3 Å². The number of hydrogen-bond donors (Lipinski definition) is 4. The first-order chi connectivity index (χ1) is 17.1. The Hall–Kier alpha value is -3.45. The van der Waals surface area contributed by atoms with Crippen molar-refractivity contribution in [1.82, 2.24) is 9.80 Å². The lowest BCUT2D eigenvalue weighted by molar-refractivity contribution is -0.147. The van der Waals surface area contributed by atoms with E-state index in [1.807, 2.05) is 0 Å². The summed E-state index contributed by atoms with van der Waals surface area (Å²) >= 11 is 0. The summed E-state index contributed by atoms with van der Waals surface area (Å²) in [4.78, 5) is 47.4. The maximum Gasteiger partial charge on any atom is 0.328 e. The highest BCUT2D eigenvalue weighted by Crippen LogP contribution is 2.33. The molecular weight excluding hydrogens is 499 g/mol. The number of hydrogen-bond acceptors (Lipinski definition) is 6. The van der Waals surface area contributed by atoms with Crippen LogP contribution in [0.1, 0.15) is 32.3 Å². The normalized spacial score (nSPS) is 19.9. The molecule has 2 saturated heterocycles. The van der Waals surface area contributed by atoms with Crippen LogP contribution in [0.2, 0.25) is 0 Å². The quantitative estimate of drug-likeness (QED) is 0.299. The van der Waals surface area contributed by atoms with Crippen LogP contribution in [0.5, 0.6) is 0 Å². The average molecular weight is 530 g/mol. The highest BCUT2D eigenvalue weighted by Gasteiger charge is 2.46. The maximum atomic E-state index is 13.8. The third-order valence-electron chi connectivity index (χ3n) is 6.06. The molecule has 2 aliphatic heterocycles. The van der Waals surface area contributed by atoms with Gasteiger partial charge in [-0.15, -0.1) is 0 Å². The van der Waals surface area contributed by atoms with Gasteiger partial charge in [-0.05, 0) is 38.3 Å². The minimum Gasteiger partial charge on any atom is -0.478 e. The molecule has 2 heterocycles. The summed E-state index contributed by atoms with van der Waals surface area (Å²) in [6, 6.07) is 0.340.